The molecule has 31 heavy (non-hydrogen) atoms. The molecule has 2 aromatic carbocycles. The van der Waals surface area contributed by atoms with E-state index in [1.165, 1.54) is 29.8 Å². The summed E-state index contributed by atoms with van der Waals surface area (Å²) in [5, 5.41) is 7.11. The van der Waals surface area contributed by atoms with Crippen LogP contribution in [0.25, 0.3) is 17.0 Å². The standard InChI is InChI=1S/C26H26N4O/c1-18-11-12-24-20(15-18)16-21(25(27-24)29-13-7-4-8-14-29)17-23-19(2)28-30(26(23)31)22-9-5-3-6-10-22/h3,5-6,9-12,15-17H,4,7-8,13-14H2,1-2H3/b23-17+. The van der Waals surface area contributed by atoms with E-state index in [2.05, 4.69) is 41.2 Å². The van der Waals surface area contributed by atoms with Crippen molar-refractivity contribution in [1.29, 1.82) is 0 Å². The number of aromatic nitrogens is 1. The van der Waals surface area contributed by atoms with E-state index >= 15 is 0 Å². The molecule has 0 N–H and O–H groups in total. The van der Waals surface area contributed by atoms with Crippen LogP contribution in [0.4, 0.5) is 11.5 Å². The summed E-state index contributed by atoms with van der Waals surface area (Å²) in [5.41, 5.74) is 5.29. The third kappa shape index (κ3) is 3.72. The van der Waals surface area contributed by atoms with Gasteiger partial charge in [-0.05, 0) is 69.5 Å². The van der Waals surface area contributed by atoms with Crippen molar-refractivity contribution in [2.45, 2.75) is 33.1 Å². The summed E-state index contributed by atoms with van der Waals surface area (Å²) in [7, 11) is 0. The maximum Gasteiger partial charge on any atom is 0.280 e. The number of benzene rings is 2. The molecule has 5 heteroatoms. The second kappa shape index (κ2) is 7.99. The lowest BCUT2D eigenvalue weighted by Gasteiger charge is -2.29. The molecule has 5 rings (SSSR count). The number of piperidine rings is 1. The first kappa shape index (κ1) is 19.5. The highest BCUT2D eigenvalue weighted by atomic mass is 16.2. The first-order valence-corrected chi connectivity index (χ1v) is 10.9. The molecule has 0 radical (unpaired) electrons. The van der Waals surface area contributed by atoms with Gasteiger partial charge in [-0.25, -0.2) is 4.98 Å². The van der Waals surface area contributed by atoms with Crippen molar-refractivity contribution in [2.75, 3.05) is 23.0 Å². The number of para-hydroxylation sites is 1. The fourth-order valence-corrected chi connectivity index (χ4v) is 4.35. The Balaban J connectivity index is 1.61. The zero-order valence-corrected chi connectivity index (χ0v) is 18.0. The van der Waals surface area contributed by atoms with Gasteiger partial charge >= 0.3 is 0 Å². The summed E-state index contributed by atoms with van der Waals surface area (Å²) in [4.78, 5) is 20.6. The highest BCUT2D eigenvalue weighted by Crippen LogP contribution is 2.31. The van der Waals surface area contributed by atoms with E-state index in [0.29, 0.717) is 5.57 Å². The van der Waals surface area contributed by atoms with Crippen molar-refractivity contribution >= 4 is 40.1 Å². The van der Waals surface area contributed by atoms with Gasteiger partial charge in [-0.1, -0.05) is 29.8 Å². The van der Waals surface area contributed by atoms with E-state index in [9.17, 15) is 4.79 Å². The van der Waals surface area contributed by atoms with Gasteiger partial charge in [0.25, 0.3) is 5.91 Å². The molecule has 3 aromatic rings. The fraction of sp³-hybridized carbons (Fsp3) is 0.269. The van der Waals surface area contributed by atoms with E-state index in [1.54, 1.807) is 0 Å². The number of hydrogen-bond acceptors (Lipinski definition) is 4. The van der Waals surface area contributed by atoms with Crippen LogP contribution in [-0.4, -0.2) is 29.7 Å². The second-order valence-electron chi connectivity index (χ2n) is 8.34. The predicted molar refractivity (Wildman–Crippen MR) is 128 cm³/mol. The van der Waals surface area contributed by atoms with Crippen LogP contribution in [0.3, 0.4) is 0 Å². The molecular weight excluding hydrogens is 384 g/mol. The SMILES string of the molecule is CC1=NN(c2ccccc2)C(=O)/C1=C/c1cc2cc(C)ccc2nc1N1CCCCC1. The average Bonchev–Trinajstić information content (AvgIpc) is 3.08. The second-order valence-corrected chi connectivity index (χ2v) is 8.34. The van der Waals surface area contributed by atoms with Crippen molar-refractivity contribution in [3.05, 3.63) is 71.3 Å². The number of hydrogen-bond donors (Lipinski definition) is 0. The van der Waals surface area contributed by atoms with E-state index in [0.717, 1.165) is 46.8 Å². The quantitative estimate of drug-likeness (QED) is 0.548. The van der Waals surface area contributed by atoms with Crippen molar-refractivity contribution in [3.63, 3.8) is 0 Å². The summed E-state index contributed by atoms with van der Waals surface area (Å²) < 4.78 is 0. The molecule has 1 fully saturated rings. The Morgan fingerprint density at radius 3 is 2.48 bits per heavy atom. The molecule has 0 spiro atoms. The summed E-state index contributed by atoms with van der Waals surface area (Å²) in [6.07, 6.45) is 5.58. The van der Waals surface area contributed by atoms with Crippen molar-refractivity contribution in [1.82, 2.24) is 4.98 Å². The van der Waals surface area contributed by atoms with Gasteiger partial charge in [-0.15, -0.1) is 0 Å². The number of hydrazone groups is 1. The Morgan fingerprint density at radius 1 is 0.935 bits per heavy atom. The van der Waals surface area contributed by atoms with Gasteiger partial charge in [-0.3, -0.25) is 4.79 Å². The van der Waals surface area contributed by atoms with E-state index < -0.39 is 0 Å². The van der Waals surface area contributed by atoms with Crippen LogP contribution in [0.15, 0.2) is 65.3 Å². The van der Waals surface area contributed by atoms with E-state index in [1.807, 2.05) is 43.3 Å². The number of nitrogens with zero attached hydrogens (tertiary/aromatic N) is 4. The average molecular weight is 411 g/mol. The number of pyridine rings is 1. The van der Waals surface area contributed by atoms with E-state index in [4.69, 9.17) is 4.98 Å². The molecule has 2 aliphatic heterocycles. The van der Waals surface area contributed by atoms with Gasteiger partial charge in [0, 0.05) is 24.0 Å². The van der Waals surface area contributed by atoms with Gasteiger partial charge in [-0.2, -0.15) is 10.1 Å². The maximum atomic E-state index is 13.2. The highest BCUT2D eigenvalue weighted by Gasteiger charge is 2.29. The van der Waals surface area contributed by atoms with Gasteiger partial charge in [0.15, 0.2) is 0 Å². The Kier molecular flexibility index (Phi) is 5.02. The summed E-state index contributed by atoms with van der Waals surface area (Å²) in [6, 6.07) is 18.1. The molecule has 2 aliphatic rings. The Labute approximate surface area is 182 Å². The normalized spacial score (nSPS) is 18.2. The molecule has 0 unspecified atom stereocenters. The lowest BCUT2D eigenvalue weighted by Crippen LogP contribution is -2.31. The van der Waals surface area contributed by atoms with Crippen LogP contribution in [0.2, 0.25) is 0 Å². The molecule has 0 bridgehead atoms. The smallest absolute Gasteiger partial charge is 0.280 e. The third-order valence-corrected chi connectivity index (χ3v) is 6.00. The fourth-order valence-electron chi connectivity index (χ4n) is 4.35. The number of carbonyl (C=O) groups is 1. The van der Waals surface area contributed by atoms with Crippen molar-refractivity contribution in [2.24, 2.45) is 5.10 Å². The zero-order chi connectivity index (χ0) is 21.4. The first-order chi connectivity index (χ1) is 15.1. The highest BCUT2D eigenvalue weighted by molar-refractivity contribution is 6.32. The Bertz CT molecular complexity index is 1210. The lowest BCUT2D eigenvalue weighted by atomic mass is 10.0. The molecule has 3 heterocycles. The molecule has 156 valence electrons. The van der Waals surface area contributed by atoms with Gasteiger partial charge in [0.1, 0.15) is 5.82 Å². The summed E-state index contributed by atoms with van der Waals surface area (Å²) in [5.74, 6) is 0.861. The molecule has 1 aromatic heterocycles. The van der Waals surface area contributed by atoms with Crippen molar-refractivity contribution < 1.29 is 4.79 Å². The summed E-state index contributed by atoms with van der Waals surface area (Å²) >= 11 is 0. The van der Waals surface area contributed by atoms with Crippen LogP contribution < -0.4 is 9.91 Å². The first-order valence-electron chi connectivity index (χ1n) is 10.9. The maximum absolute atomic E-state index is 13.2. The van der Waals surface area contributed by atoms with Gasteiger partial charge < -0.3 is 4.90 Å². The Morgan fingerprint density at radius 2 is 1.71 bits per heavy atom. The predicted octanol–water partition coefficient (Wildman–Crippen LogP) is 5.34. The van der Waals surface area contributed by atoms with Crippen LogP contribution >= 0.6 is 0 Å². The van der Waals surface area contributed by atoms with Crippen molar-refractivity contribution in [3.8, 4) is 0 Å². The van der Waals surface area contributed by atoms with Crippen LogP contribution in [-0.2, 0) is 4.79 Å². The summed E-state index contributed by atoms with van der Waals surface area (Å²) in [6.45, 7) is 5.98. The molecule has 1 amide bonds. The zero-order valence-electron chi connectivity index (χ0n) is 18.0. The van der Waals surface area contributed by atoms with E-state index in [-0.39, 0.29) is 5.91 Å². The molecule has 0 saturated carbocycles. The number of fused-ring (bicyclic) bond motifs is 1. The lowest BCUT2D eigenvalue weighted by molar-refractivity contribution is -0.114. The monoisotopic (exact) mass is 410 g/mol. The minimum atomic E-state index is -0.0994. The Hall–Kier alpha value is -3.47. The molecule has 5 nitrogen and oxygen atoms in total. The van der Waals surface area contributed by atoms with Gasteiger partial charge in [0.05, 0.1) is 22.5 Å². The minimum Gasteiger partial charge on any atom is -0.356 e. The number of aryl methyl sites for hydroxylation is 1. The molecule has 0 atom stereocenters. The molecule has 1 saturated heterocycles. The third-order valence-electron chi connectivity index (χ3n) is 6.00. The number of carbonyl (C=O) groups excluding carboxylic acids is 1. The van der Waals surface area contributed by atoms with Crippen LogP contribution in [0, 0.1) is 6.92 Å². The van der Waals surface area contributed by atoms with Crippen LogP contribution in [0.5, 0.6) is 0 Å². The molecule has 0 aliphatic carbocycles. The minimum absolute atomic E-state index is 0.0994. The number of rotatable bonds is 3. The molecular formula is C26H26N4O. The topological polar surface area (TPSA) is 48.8 Å². The number of anilines is 2. The largest absolute Gasteiger partial charge is 0.356 e. The van der Waals surface area contributed by atoms with Gasteiger partial charge in [0.2, 0.25) is 0 Å². The number of amides is 1. The van der Waals surface area contributed by atoms with Crippen LogP contribution in [0.1, 0.15) is 37.3 Å².